The Morgan fingerprint density at radius 3 is 1.40 bits per heavy atom. The van der Waals surface area contributed by atoms with E-state index >= 15 is 0 Å². The van der Waals surface area contributed by atoms with Crippen LogP contribution in [0.4, 0.5) is 0 Å². The first-order chi connectivity index (χ1) is 1.41. The summed E-state index contributed by atoms with van der Waals surface area (Å²) in [7, 11) is -1.50. The van der Waals surface area contributed by atoms with Crippen molar-refractivity contribution in [2.75, 3.05) is 0 Å². The summed E-state index contributed by atoms with van der Waals surface area (Å²) in [6.07, 6.45) is 0. The van der Waals surface area contributed by atoms with E-state index in [0.717, 1.165) is 0 Å². The topological polar surface area (TPSA) is 37.3 Å². The van der Waals surface area contributed by atoms with Crippen LogP contribution in [0.15, 0.2) is 0 Å². The summed E-state index contributed by atoms with van der Waals surface area (Å²) in [5, 5.41) is 0. The average Bonchev–Trinajstić information content (AvgIpc) is 0.918. The third-order valence-electron chi connectivity index (χ3n) is 0. The van der Waals surface area contributed by atoms with Crippen molar-refractivity contribution in [3.63, 3.8) is 0 Å². The minimum absolute atomic E-state index is 0. The van der Waals surface area contributed by atoms with Crippen molar-refractivity contribution in [2.45, 2.75) is 0 Å². The second-order valence-electron chi connectivity index (χ2n) is 0.105. The van der Waals surface area contributed by atoms with Crippen molar-refractivity contribution >= 4 is 46.4 Å². The van der Waals surface area contributed by atoms with Crippen molar-refractivity contribution in [1.29, 1.82) is 0 Å². The van der Waals surface area contributed by atoms with Gasteiger partial charge in [0.25, 0.3) is 0 Å². The van der Waals surface area contributed by atoms with Crippen molar-refractivity contribution in [3.8, 4) is 0 Å². The molecule has 0 aliphatic carbocycles. The molecule has 0 saturated carbocycles. The molecular formula is H3Li2O2P. The summed E-state index contributed by atoms with van der Waals surface area (Å²) in [4.78, 5) is 7.10. The van der Waals surface area contributed by atoms with E-state index in [1.54, 1.807) is 0 Å². The van der Waals surface area contributed by atoms with Gasteiger partial charge in [0.1, 0.15) is 0 Å². The molecule has 0 aromatic carbocycles. The van der Waals surface area contributed by atoms with Crippen molar-refractivity contribution in [2.24, 2.45) is 0 Å². The molecule has 1 unspecified atom stereocenters. The van der Waals surface area contributed by atoms with E-state index in [1.165, 1.54) is 0 Å². The summed E-state index contributed by atoms with van der Waals surface area (Å²) in [5.41, 5.74) is 0. The number of hydrogen-bond donors (Lipinski definition) is 1. The van der Waals surface area contributed by atoms with Gasteiger partial charge in [-0.05, 0) is 0 Å². The van der Waals surface area contributed by atoms with Gasteiger partial charge in [-0.15, -0.1) is 0 Å². The van der Waals surface area contributed by atoms with Gasteiger partial charge in [-0.2, -0.15) is 0 Å². The summed E-state index contributed by atoms with van der Waals surface area (Å²) in [6, 6.07) is 0. The predicted molar refractivity (Wildman–Crippen MR) is 24.1 cm³/mol. The van der Waals surface area contributed by atoms with Gasteiger partial charge in [0, 0.05) is 37.7 Å². The molecule has 0 rings (SSSR count). The summed E-state index contributed by atoms with van der Waals surface area (Å²) >= 11 is 0. The molecule has 0 fully saturated rings. The predicted octanol–water partition coefficient (Wildman–Crippen LogP) is -1.11. The van der Waals surface area contributed by atoms with Gasteiger partial charge in [0.05, 0.1) is 0 Å². The molecule has 0 aromatic heterocycles. The molecule has 0 spiro atoms. The van der Waals surface area contributed by atoms with Crippen LogP contribution in [-0.2, 0) is 4.57 Å². The van der Waals surface area contributed by atoms with Gasteiger partial charge in [0.2, 0.25) is 0 Å². The quantitative estimate of drug-likeness (QED) is 0.296. The molecule has 0 aliphatic heterocycles. The van der Waals surface area contributed by atoms with Gasteiger partial charge in [-0.25, -0.2) is 0 Å². The summed E-state index contributed by atoms with van der Waals surface area (Å²) in [5.74, 6) is 0. The van der Waals surface area contributed by atoms with E-state index in [0.29, 0.717) is 0 Å². The van der Waals surface area contributed by atoms with Crippen molar-refractivity contribution < 1.29 is 9.46 Å². The SMILES string of the molecule is O=[PH2]O.[Li].[Li]. The number of rotatable bonds is 0. The molecule has 1 atom stereocenters. The molecule has 2 radical (unpaired) electrons. The van der Waals surface area contributed by atoms with Gasteiger partial charge < -0.3 is 4.89 Å². The van der Waals surface area contributed by atoms with Gasteiger partial charge in [-0.3, -0.25) is 4.57 Å². The van der Waals surface area contributed by atoms with Crippen molar-refractivity contribution in [3.05, 3.63) is 0 Å². The average molecular weight is 79.9 g/mol. The van der Waals surface area contributed by atoms with Crippen LogP contribution in [-0.4, -0.2) is 42.6 Å². The third-order valence-corrected chi connectivity index (χ3v) is 0. The van der Waals surface area contributed by atoms with Crippen molar-refractivity contribution in [1.82, 2.24) is 0 Å². The Hall–Kier alpha value is 1.38. The standard InChI is InChI=1S/2Li.H3O2P/c;;1-3-2/h;;3H2,(H,1,2). The summed E-state index contributed by atoms with van der Waals surface area (Å²) < 4.78 is 8.57. The molecule has 0 aromatic rings. The third kappa shape index (κ3) is 32.2. The zero-order valence-corrected chi connectivity index (χ0v) is 4.59. The Bertz CT molecular complexity index is 15.1. The Kier molecular flexibility index (Phi) is 58.8. The van der Waals surface area contributed by atoms with E-state index in [4.69, 9.17) is 9.46 Å². The molecule has 0 amide bonds. The van der Waals surface area contributed by atoms with Crippen LogP contribution in [0.2, 0.25) is 0 Å². The van der Waals surface area contributed by atoms with Crippen LogP contribution in [0, 0.1) is 0 Å². The molecular weight excluding hydrogens is 76.9 g/mol. The first kappa shape index (κ1) is 16.2. The first-order valence-electron chi connectivity index (χ1n) is 0.494. The maximum absolute atomic E-state index is 8.57. The van der Waals surface area contributed by atoms with E-state index in [9.17, 15) is 0 Å². The Morgan fingerprint density at radius 1 is 1.40 bits per heavy atom. The Labute approximate surface area is 56.0 Å². The second-order valence-corrected chi connectivity index (χ2v) is 0.316. The fraction of sp³-hybridized carbons (Fsp3) is 0. The zero-order chi connectivity index (χ0) is 2.71. The van der Waals surface area contributed by atoms with E-state index in [1.807, 2.05) is 0 Å². The summed E-state index contributed by atoms with van der Waals surface area (Å²) in [6.45, 7) is 0. The molecule has 5 heavy (non-hydrogen) atoms. The molecule has 1 N–H and O–H groups in total. The molecule has 2 nitrogen and oxygen atoms in total. The maximum atomic E-state index is 8.57. The number of hydrogen-bond acceptors (Lipinski definition) is 1. The Balaban J connectivity index is -0.0000000200. The van der Waals surface area contributed by atoms with Gasteiger partial charge in [0.15, 0.2) is 8.69 Å². The molecule has 0 saturated heterocycles. The fourth-order valence-electron chi connectivity index (χ4n) is 0. The smallest absolute Gasteiger partial charge is 0.177 e. The monoisotopic (exact) mass is 80.0 g/mol. The van der Waals surface area contributed by atoms with Crippen LogP contribution in [0.25, 0.3) is 0 Å². The normalized spacial score (nSPS) is 5.80. The minimum Gasteiger partial charge on any atom is -0.348 e. The van der Waals surface area contributed by atoms with Crippen LogP contribution in [0.1, 0.15) is 0 Å². The van der Waals surface area contributed by atoms with Gasteiger partial charge in [-0.1, -0.05) is 0 Å². The van der Waals surface area contributed by atoms with Crippen LogP contribution in [0.5, 0.6) is 0 Å². The van der Waals surface area contributed by atoms with Crippen LogP contribution in [0.3, 0.4) is 0 Å². The largest absolute Gasteiger partial charge is 0.348 e. The second kappa shape index (κ2) is 18.2. The molecule has 22 valence electrons. The van der Waals surface area contributed by atoms with Crippen LogP contribution < -0.4 is 0 Å². The minimum atomic E-state index is -1.50. The first-order valence-corrected chi connectivity index (χ1v) is 1.48. The zero-order valence-electron chi connectivity index (χ0n) is 3.43. The fourth-order valence-corrected chi connectivity index (χ4v) is 0. The van der Waals surface area contributed by atoms with Gasteiger partial charge >= 0.3 is 0 Å². The Morgan fingerprint density at radius 2 is 1.40 bits per heavy atom. The molecule has 0 aliphatic rings. The molecule has 0 bridgehead atoms. The molecule has 0 heterocycles. The van der Waals surface area contributed by atoms with Crippen LogP contribution >= 0.6 is 8.69 Å². The van der Waals surface area contributed by atoms with E-state index < -0.39 is 8.69 Å². The molecule has 5 heteroatoms. The van der Waals surface area contributed by atoms with E-state index in [2.05, 4.69) is 0 Å². The maximum Gasteiger partial charge on any atom is 0.177 e. The van der Waals surface area contributed by atoms with E-state index in [-0.39, 0.29) is 37.7 Å².